The smallest absolute Gasteiger partial charge is 0.120 e. The Balaban J connectivity index is 1.97. The molecule has 104 valence electrons. The van der Waals surface area contributed by atoms with Crippen LogP contribution in [0.15, 0.2) is 12.1 Å². The summed E-state index contributed by atoms with van der Waals surface area (Å²) in [6.07, 6.45) is 2.34. The van der Waals surface area contributed by atoms with E-state index in [4.69, 9.17) is 0 Å². The predicted molar refractivity (Wildman–Crippen MR) is 77.7 cm³/mol. The van der Waals surface area contributed by atoms with Crippen LogP contribution in [0, 0.1) is 6.92 Å². The minimum absolute atomic E-state index is 0.370. The Kier molecular flexibility index (Phi) is 3.27. The maximum atomic E-state index is 10.3. The number of aromatic hydroxyl groups is 1. The molecule has 1 aromatic rings. The molecule has 1 fully saturated rings. The molecule has 1 aromatic carbocycles. The highest BCUT2D eigenvalue weighted by Crippen LogP contribution is 2.48. The number of phenols is 1. The number of nitrogens with one attached hydrogen (secondary N) is 1. The first-order valence-electron chi connectivity index (χ1n) is 7.34. The quantitative estimate of drug-likeness (QED) is 0.858. The number of hydrogen-bond acceptors (Lipinski definition) is 3. The lowest BCUT2D eigenvalue weighted by molar-refractivity contribution is 0.177. The summed E-state index contributed by atoms with van der Waals surface area (Å²) in [4.78, 5) is 2.47. The van der Waals surface area contributed by atoms with Crippen LogP contribution in [0.4, 0.5) is 0 Å². The number of benzene rings is 1. The zero-order chi connectivity index (χ0) is 13.6. The van der Waals surface area contributed by atoms with Gasteiger partial charge in [0.15, 0.2) is 0 Å². The molecule has 3 atom stereocenters. The van der Waals surface area contributed by atoms with Gasteiger partial charge >= 0.3 is 0 Å². The third-order valence-corrected chi connectivity index (χ3v) is 4.99. The molecule has 19 heavy (non-hydrogen) atoms. The fourth-order valence-corrected chi connectivity index (χ4v) is 3.92. The summed E-state index contributed by atoms with van der Waals surface area (Å²) in [6, 6.07) is 4.88. The van der Waals surface area contributed by atoms with Gasteiger partial charge in [-0.1, -0.05) is 13.0 Å². The van der Waals surface area contributed by atoms with Crippen LogP contribution in [0.25, 0.3) is 0 Å². The van der Waals surface area contributed by atoms with Crippen LogP contribution in [-0.4, -0.2) is 36.2 Å². The third-order valence-electron chi connectivity index (χ3n) is 4.99. The molecule has 1 saturated heterocycles. The predicted octanol–water partition coefficient (Wildman–Crippen LogP) is 2.54. The van der Waals surface area contributed by atoms with E-state index in [0.29, 0.717) is 23.8 Å². The van der Waals surface area contributed by atoms with Crippen LogP contribution < -0.4 is 5.32 Å². The van der Waals surface area contributed by atoms with Gasteiger partial charge < -0.3 is 10.4 Å². The van der Waals surface area contributed by atoms with Crippen molar-refractivity contribution in [3.63, 3.8) is 0 Å². The van der Waals surface area contributed by atoms with Gasteiger partial charge in [-0.25, -0.2) is 0 Å². The van der Waals surface area contributed by atoms with Crippen LogP contribution in [0.2, 0.25) is 0 Å². The maximum Gasteiger partial charge on any atom is 0.120 e. The Morgan fingerprint density at radius 1 is 1.32 bits per heavy atom. The topological polar surface area (TPSA) is 35.5 Å². The van der Waals surface area contributed by atoms with Crippen molar-refractivity contribution < 1.29 is 5.11 Å². The average Bonchev–Trinajstić information content (AvgIpc) is 3.01. The highest BCUT2D eigenvalue weighted by molar-refractivity contribution is 5.51. The average molecular weight is 260 g/mol. The minimum Gasteiger partial charge on any atom is -0.508 e. The van der Waals surface area contributed by atoms with Crippen LogP contribution in [0.1, 0.15) is 48.4 Å². The van der Waals surface area contributed by atoms with Crippen LogP contribution in [-0.2, 0) is 0 Å². The van der Waals surface area contributed by atoms with E-state index in [2.05, 4.69) is 31.1 Å². The van der Waals surface area contributed by atoms with Gasteiger partial charge in [0, 0.05) is 24.2 Å². The van der Waals surface area contributed by atoms with E-state index in [-0.39, 0.29) is 0 Å². The van der Waals surface area contributed by atoms with E-state index in [1.165, 1.54) is 23.1 Å². The molecule has 2 aliphatic rings. The summed E-state index contributed by atoms with van der Waals surface area (Å²) in [5.74, 6) is 1.02. The number of hydrogen-bond donors (Lipinski definition) is 2. The SMILES string of the molecule is Cc1ccc(O)c2c1C(C)CC2N(C)C1CCNC1. The van der Waals surface area contributed by atoms with Crippen molar-refractivity contribution in [1.82, 2.24) is 10.2 Å². The summed E-state index contributed by atoms with van der Waals surface area (Å²) >= 11 is 0. The fourth-order valence-electron chi connectivity index (χ4n) is 3.92. The van der Waals surface area contributed by atoms with E-state index >= 15 is 0 Å². The Bertz CT molecular complexity index is 480. The van der Waals surface area contributed by atoms with Crippen molar-refractivity contribution in [3.05, 3.63) is 28.8 Å². The fraction of sp³-hybridized carbons (Fsp3) is 0.625. The number of aryl methyl sites for hydroxylation is 1. The number of nitrogens with zero attached hydrogens (tertiary/aromatic N) is 1. The van der Waals surface area contributed by atoms with E-state index in [9.17, 15) is 5.11 Å². The van der Waals surface area contributed by atoms with Gasteiger partial charge in [-0.05, 0) is 56.5 Å². The maximum absolute atomic E-state index is 10.3. The summed E-state index contributed by atoms with van der Waals surface area (Å²) in [7, 11) is 2.21. The molecule has 0 saturated carbocycles. The molecule has 1 heterocycles. The second-order valence-corrected chi connectivity index (χ2v) is 6.19. The molecule has 3 heteroatoms. The zero-order valence-corrected chi connectivity index (χ0v) is 12.1. The molecule has 1 aliphatic heterocycles. The van der Waals surface area contributed by atoms with Gasteiger partial charge in [-0.3, -0.25) is 4.90 Å². The molecule has 0 bridgehead atoms. The standard InChI is InChI=1S/C16H24N2O/c1-10-4-5-14(19)16-13(8-11(2)15(10)16)18(3)12-6-7-17-9-12/h4-5,11-13,17,19H,6-9H2,1-3H3. The Hall–Kier alpha value is -1.06. The summed E-state index contributed by atoms with van der Waals surface area (Å²) in [5.41, 5.74) is 3.88. The van der Waals surface area contributed by atoms with Crippen molar-refractivity contribution in [2.75, 3.05) is 20.1 Å². The summed E-state index contributed by atoms with van der Waals surface area (Å²) in [6.45, 7) is 6.63. The van der Waals surface area contributed by atoms with E-state index in [1.807, 2.05) is 12.1 Å². The number of rotatable bonds is 2. The van der Waals surface area contributed by atoms with Crippen molar-refractivity contribution >= 4 is 0 Å². The van der Waals surface area contributed by atoms with Crippen LogP contribution in [0.3, 0.4) is 0 Å². The molecule has 1 aliphatic carbocycles. The van der Waals surface area contributed by atoms with E-state index in [1.54, 1.807) is 0 Å². The largest absolute Gasteiger partial charge is 0.508 e. The first-order valence-corrected chi connectivity index (χ1v) is 7.34. The lowest BCUT2D eigenvalue weighted by Gasteiger charge is -2.31. The number of phenolic OH excluding ortho intramolecular Hbond substituents is 1. The lowest BCUT2D eigenvalue weighted by atomic mass is 9.97. The monoisotopic (exact) mass is 260 g/mol. The van der Waals surface area contributed by atoms with E-state index < -0.39 is 0 Å². The minimum atomic E-state index is 0.370. The van der Waals surface area contributed by atoms with Gasteiger partial charge in [0.1, 0.15) is 5.75 Å². The second kappa shape index (κ2) is 4.80. The molecule has 0 radical (unpaired) electrons. The second-order valence-electron chi connectivity index (χ2n) is 6.19. The molecule has 3 unspecified atom stereocenters. The molecule has 0 spiro atoms. The summed E-state index contributed by atoms with van der Waals surface area (Å²) in [5, 5.41) is 13.7. The van der Waals surface area contributed by atoms with Crippen molar-refractivity contribution in [2.45, 2.75) is 44.7 Å². The molecular formula is C16H24N2O. The van der Waals surface area contributed by atoms with E-state index in [0.717, 1.165) is 19.5 Å². The molecule has 0 amide bonds. The van der Waals surface area contributed by atoms with Crippen molar-refractivity contribution in [1.29, 1.82) is 0 Å². The Morgan fingerprint density at radius 3 is 2.79 bits per heavy atom. The highest BCUT2D eigenvalue weighted by Gasteiger charge is 2.37. The van der Waals surface area contributed by atoms with Gasteiger partial charge in [-0.15, -0.1) is 0 Å². The first-order chi connectivity index (χ1) is 9.09. The Labute approximate surface area is 115 Å². The molecule has 3 nitrogen and oxygen atoms in total. The summed E-state index contributed by atoms with van der Waals surface area (Å²) < 4.78 is 0. The lowest BCUT2D eigenvalue weighted by Crippen LogP contribution is -2.35. The zero-order valence-electron chi connectivity index (χ0n) is 12.1. The molecular weight excluding hydrogens is 236 g/mol. The normalized spacial score (nSPS) is 30.0. The number of likely N-dealkylation sites (N-methyl/N-ethyl adjacent to an activating group) is 1. The molecule has 0 aromatic heterocycles. The van der Waals surface area contributed by atoms with Crippen LogP contribution >= 0.6 is 0 Å². The van der Waals surface area contributed by atoms with Gasteiger partial charge in [0.25, 0.3) is 0 Å². The van der Waals surface area contributed by atoms with Crippen molar-refractivity contribution in [3.8, 4) is 5.75 Å². The highest BCUT2D eigenvalue weighted by atomic mass is 16.3. The Morgan fingerprint density at radius 2 is 2.11 bits per heavy atom. The van der Waals surface area contributed by atoms with Gasteiger partial charge in [0.2, 0.25) is 0 Å². The first kappa shape index (κ1) is 12.9. The van der Waals surface area contributed by atoms with Crippen molar-refractivity contribution in [2.24, 2.45) is 0 Å². The number of fused-ring (bicyclic) bond motifs is 1. The molecule has 3 rings (SSSR count). The van der Waals surface area contributed by atoms with Gasteiger partial charge in [-0.2, -0.15) is 0 Å². The third kappa shape index (κ3) is 2.05. The molecule has 2 N–H and O–H groups in total. The van der Waals surface area contributed by atoms with Gasteiger partial charge in [0.05, 0.1) is 0 Å². The van der Waals surface area contributed by atoms with Crippen LogP contribution in [0.5, 0.6) is 5.75 Å².